The van der Waals surface area contributed by atoms with Crippen molar-refractivity contribution in [2.75, 3.05) is 43.8 Å². The largest absolute Gasteiger partial charge is 0.430 e. The van der Waals surface area contributed by atoms with Crippen molar-refractivity contribution in [3.8, 4) is 12.8 Å². The average Bonchev–Trinajstić information content (AvgIpc) is 3.10. The molecule has 1 amide bonds. The number of fused-ring (bicyclic) bond motifs is 1. The highest BCUT2D eigenvalue weighted by Gasteiger charge is 2.71. The molecule has 3 N–H and O–H groups in total. The van der Waals surface area contributed by atoms with Crippen molar-refractivity contribution < 1.29 is 54.7 Å². The number of hydrogen-bond donors (Lipinski definition) is 3. The number of ether oxygens (including phenoxy) is 1. The van der Waals surface area contributed by atoms with E-state index in [0.717, 1.165) is 56.6 Å². The molecule has 8 nitrogen and oxygen atoms in total. The zero-order chi connectivity index (χ0) is 38.0. The van der Waals surface area contributed by atoms with Crippen LogP contribution in [-0.2, 0) is 39.1 Å². The highest BCUT2D eigenvalue weighted by Crippen LogP contribution is 2.51. The number of carbonyl (C=O) groups is 1. The van der Waals surface area contributed by atoms with E-state index in [-0.39, 0.29) is 47.7 Å². The number of nitrogens with one attached hydrogen (secondary N) is 1. The summed E-state index contributed by atoms with van der Waals surface area (Å²) in [5.41, 5.74) is -3.97. The van der Waals surface area contributed by atoms with E-state index in [2.05, 4.69) is 29.1 Å². The summed E-state index contributed by atoms with van der Waals surface area (Å²) >= 11 is 0. The van der Waals surface area contributed by atoms with Crippen molar-refractivity contribution >= 4 is 22.6 Å². The maximum atomic E-state index is 13.1. The smallest absolute Gasteiger partial charge is 0.394 e. The SMILES string of the molecule is C#C.CC(=O)N[C@@H](CO)c1cccc(CN2CCOCC2)c1.O=S(c1ccc(F)cc1)N1CCCc2cc(C(O)(C(F)(F)F)C(F)(F)F)ccc21. The van der Waals surface area contributed by atoms with E-state index in [1.165, 1.54) is 28.9 Å². The molecule has 1 fully saturated rings. The van der Waals surface area contributed by atoms with Gasteiger partial charge in [-0.3, -0.25) is 14.0 Å². The molecule has 2 atom stereocenters. The van der Waals surface area contributed by atoms with E-state index in [1.54, 1.807) is 0 Å². The number of halogens is 7. The van der Waals surface area contributed by atoms with Crippen LogP contribution in [0.5, 0.6) is 0 Å². The van der Waals surface area contributed by atoms with Gasteiger partial charge < -0.3 is 20.3 Å². The molecule has 16 heteroatoms. The molecule has 2 aliphatic heterocycles. The van der Waals surface area contributed by atoms with Crippen LogP contribution in [-0.4, -0.2) is 77.0 Å². The molecule has 2 aliphatic rings. The number of hydrogen-bond acceptors (Lipinski definition) is 6. The Morgan fingerprint density at radius 2 is 1.59 bits per heavy atom. The topological polar surface area (TPSA) is 102 Å². The zero-order valence-electron chi connectivity index (χ0n) is 27.5. The normalized spacial score (nSPS) is 16.4. The molecule has 278 valence electrons. The Labute approximate surface area is 293 Å². The summed E-state index contributed by atoms with van der Waals surface area (Å²) in [6, 6.07) is 14.6. The van der Waals surface area contributed by atoms with Gasteiger partial charge in [-0.2, -0.15) is 26.3 Å². The van der Waals surface area contributed by atoms with Gasteiger partial charge in [0.2, 0.25) is 5.91 Å². The third-order valence-electron chi connectivity index (χ3n) is 8.03. The van der Waals surface area contributed by atoms with E-state index < -0.39 is 40.3 Å². The molecule has 51 heavy (non-hydrogen) atoms. The van der Waals surface area contributed by atoms with Crippen molar-refractivity contribution in [3.05, 3.63) is 94.8 Å². The fraction of sp³-hybridized carbons (Fsp3) is 0.400. The standard InChI is InChI=1S/C18H14F7NO2S.C15H22N2O3.C2H2/c19-13-4-6-14(7-5-13)29(28)26-9-1-2-11-10-12(3-8-15(11)26)16(27,17(20,21)22)18(23,24)25;1-12(19)16-15(11-18)14-4-2-3-13(9-14)10-17-5-7-20-8-6-17;1-2/h3-8,10,27H,1-2,9H2;2-4,9,15,18H,5-8,10-11H2,1H3,(H,16,19);1-2H/t;15-;/m.0./s1. The highest BCUT2D eigenvalue weighted by atomic mass is 32.2. The molecular formula is C35H38F7N3O5S. The van der Waals surface area contributed by atoms with Crippen LogP contribution in [0.15, 0.2) is 71.6 Å². The van der Waals surface area contributed by atoms with Crippen LogP contribution in [0.3, 0.4) is 0 Å². The first-order valence-electron chi connectivity index (χ1n) is 15.6. The van der Waals surface area contributed by atoms with E-state index in [1.807, 2.05) is 18.2 Å². The number of carbonyl (C=O) groups excluding carboxylic acids is 1. The number of aryl methyl sites for hydroxylation is 1. The van der Waals surface area contributed by atoms with Gasteiger partial charge in [0.25, 0.3) is 5.60 Å². The Bertz CT molecular complexity index is 1630. The molecule has 1 saturated heterocycles. The summed E-state index contributed by atoms with van der Waals surface area (Å²) in [5.74, 6) is -0.685. The van der Waals surface area contributed by atoms with Crippen molar-refractivity contribution in [1.82, 2.24) is 10.2 Å². The van der Waals surface area contributed by atoms with Gasteiger partial charge in [0.05, 0.1) is 36.4 Å². The van der Waals surface area contributed by atoms with E-state index in [9.17, 15) is 49.9 Å². The minimum atomic E-state index is -5.98. The number of benzene rings is 3. The second-order valence-electron chi connectivity index (χ2n) is 11.5. The fourth-order valence-corrected chi connectivity index (χ4v) is 6.81. The predicted octanol–water partition coefficient (Wildman–Crippen LogP) is 5.55. The lowest BCUT2D eigenvalue weighted by atomic mass is 9.89. The lowest BCUT2D eigenvalue weighted by Crippen LogP contribution is -2.54. The lowest BCUT2D eigenvalue weighted by molar-refractivity contribution is -0.376. The molecule has 0 aliphatic carbocycles. The number of morpholine rings is 1. The first-order valence-corrected chi connectivity index (χ1v) is 16.7. The quantitative estimate of drug-likeness (QED) is 0.207. The zero-order valence-corrected chi connectivity index (χ0v) is 28.3. The molecule has 0 saturated carbocycles. The van der Waals surface area contributed by atoms with Crippen LogP contribution >= 0.6 is 0 Å². The molecule has 3 aromatic rings. The molecule has 5 rings (SSSR count). The highest BCUT2D eigenvalue weighted by molar-refractivity contribution is 7.86. The minimum absolute atomic E-state index is 0.0936. The predicted molar refractivity (Wildman–Crippen MR) is 177 cm³/mol. The number of terminal acetylenes is 1. The Morgan fingerprint density at radius 3 is 2.16 bits per heavy atom. The van der Waals surface area contributed by atoms with E-state index >= 15 is 0 Å². The number of amides is 1. The first-order chi connectivity index (χ1) is 24.0. The number of aliphatic hydroxyl groups is 2. The van der Waals surface area contributed by atoms with E-state index in [4.69, 9.17) is 4.74 Å². The van der Waals surface area contributed by atoms with Crippen LogP contribution in [0.1, 0.15) is 41.6 Å². The van der Waals surface area contributed by atoms with Crippen LogP contribution in [0.2, 0.25) is 0 Å². The van der Waals surface area contributed by atoms with Crippen molar-refractivity contribution in [1.29, 1.82) is 0 Å². The third-order valence-corrected chi connectivity index (χ3v) is 9.49. The van der Waals surface area contributed by atoms with Crippen LogP contribution < -0.4 is 9.62 Å². The monoisotopic (exact) mass is 745 g/mol. The Morgan fingerprint density at radius 1 is 0.961 bits per heavy atom. The third kappa shape index (κ3) is 10.3. The van der Waals surface area contributed by atoms with Gasteiger partial charge >= 0.3 is 12.4 Å². The summed E-state index contributed by atoms with van der Waals surface area (Å²) in [7, 11) is -1.84. The van der Waals surface area contributed by atoms with Crippen molar-refractivity contribution in [2.45, 2.75) is 55.2 Å². The summed E-state index contributed by atoms with van der Waals surface area (Å²) in [5, 5.41) is 21.7. The number of anilines is 1. The second-order valence-corrected chi connectivity index (χ2v) is 12.9. The van der Waals surface area contributed by atoms with Crippen LogP contribution in [0, 0.1) is 18.7 Å². The Balaban J connectivity index is 0.000000279. The Kier molecular flexibility index (Phi) is 14.6. The van der Waals surface area contributed by atoms with Gasteiger partial charge in [0.1, 0.15) is 5.82 Å². The summed E-state index contributed by atoms with van der Waals surface area (Å²) in [6.45, 7) is 5.92. The molecule has 3 aromatic carbocycles. The summed E-state index contributed by atoms with van der Waals surface area (Å²) in [4.78, 5) is 13.7. The summed E-state index contributed by atoms with van der Waals surface area (Å²) in [6.07, 6.45) is -3.50. The maximum absolute atomic E-state index is 13.1. The van der Waals surface area contributed by atoms with Gasteiger partial charge in [0, 0.05) is 38.7 Å². The van der Waals surface area contributed by atoms with Crippen molar-refractivity contribution in [2.24, 2.45) is 0 Å². The molecular weight excluding hydrogens is 707 g/mol. The maximum Gasteiger partial charge on any atom is 0.430 e. The number of aliphatic hydroxyl groups excluding tert-OH is 1. The minimum Gasteiger partial charge on any atom is -0.394 e. The molecule has 1 unspecified atom stereocenters. The fourth-order valence-electron chi connectivity index (χ4n) is 5.53. The number of alkyl halides is 6. The first kappa shape index (κ1) is 41.4. The number of nitrogens with zero attached hydrogens (tertiary/aromatic N) is 2. The van der Waals surface area contributed by atoms with Crippen LogP contribution in [0.4, 0.5) is 36.4 Å². The van der Waals surface area contributed by atoms with Gasteiger partial charge in [-0.25, -0.2) is 8.60 Å². The second kappa shape index (κ2) is 18.0. The van der Waals surface area contributed by atoms with Gasteiger partial charge in [-0.05, 0) is 59.9 Å². The van der Waals surface area contributed by atoms with E-state index in [0.29, 0.717) is 18.6 Å². The Hall–Kier alpha value is -4.01. The van der Waals surface area contributed by atoms with Gasteiger partial charge in [0.15, 0.2) is 11.0 Å². The van der Waals surface area contributed by atoms with Crippen molar-refractivity contribution in [3.63, 3.8) is 0 Å². The molecule has 0 bridgehead atoms. The molecule has 0 spiro atoms. The molecule has 0 aromatic heterocycles. The lowest BCUT2D eigenvalue weighted by Gasteiger charge is -2.35. The molecule has 0 radical (unpaired) electrons. The van der Waals surface area contributed by atoms with Gasteiger partial charge in [-0.1, -0.05) is 36.4 Å². The van der Waals surface area contributed by atoms with Crippen LogP contribution in [0.25, 0.3) is 0 Å². The average molecular weight is 746 g/mol. The molecule has 2 heterocycles. The van der Waals surface area contributed by atoms with Gasteiger partial charge in [-0.15, -0.1) is 12.8 Å². The summed E-state index contributed by atoms with van der Waals surface area (Å²) < 4.78 is 111. The number of rotatable bonds is 8.